The number of rotatable bonds is 4. The molecule has 0 bridgehead atoms. The summed E-state index contributed by atoms with van der Waals surface area (Å²) in [5, 5.41) is 0. The van der Waals surface area contributed by atoms with E-state index in [1.54, 1.807) is 0 Å². The third-order valence-corrected chi connectivity index (χ3v) is 2.70. The number of methoxy groups -OCH3 is 1. The summed E-state index contributed by atoms with van der Waals surface area (Å²) < 4.78 is 4.87. The van der Waals surface area contributed by atoms with Gasteiger partial charge in [-0.1, -0.05) is 47.5 Å². The normalized spacial score (nSPS) is 16.1. The number of esters is 1. The van der Waals surface area contributed by atoms with Crippen LogP contribution in [0.25, 0.3) is 0 Å². The molecule has 14 heavy (non-hydrogen) atoms. The summed E-state index contributed by atoms with van der Waals surface area (Å²) in [6.45, 7) is 10.6. The summed E-state index contributed by atoms with van der Waals surface area (Å²) in [4.78, 5) is 11.7. The van der Waals surface area contributed by atoms with E-state index >= 15 is 0 Å². The van der Waals surface area contributed by atoms with Gasteiger partial charge in [0.15, 0.2) is 0 Å². The van der Waals surface area contributed by atoms with E-state index in [0.29, 0.717) is 5.92 Å². The van der Waals surface area contributed by atoms with E-state index in [1.807, 2.05) is 0 Å². The summed E-state index contributed by atoms with van der Waals surface area (Å²) in [6, 6.07) is 0. The lowest BCUT2D eigenvalue weighted by atomic mass is 9.72. The Labute approximate surface area is 88.0 Å². The van der Waals surface area contributed by atoms with Gasteiger partial charge < -0.3 is 4.74 Å². The maximum Gasteiger partial charge on any atom is 0.309 e. The molecule has 0 saturated carbocycles. The van der Waals surface area contributed by atoms with Crippen LogP contribution in [0.2, 0.25) is 0 Å². The molecule has 0 heterocycles. The molecule has 2 unspecified atom stereocenters. The Morgan fingerprint density at radius 2 is 1.86 bits per heavy atom. The van der Waals surface area contributed by atoms with E-state index in [0.717, 1.165) is 12.8 Å². The second-order valence-corrected chi connectivity index (χ2v) is 5.13. The average Bonchev–Trinajstić information content (AvgIpc) is 2.02. The molecule has 0 rings (SSSR count). The fourth-order valence-electron chi connectivity index (χ4n) is 2.19. The highest BCUT2D eigenvalue weighted by atomic mass is 16.5. The van der Waals surface area contributed by atoms with Crippen LogP contribution in [0.5, 0.6) is 0 Å². The second kappa shape index (κ2) is 5.38. The van der Waals surface area contributed by atoms with Gasteiger partial charge in [-0.3, -0.25) is 4.79 Å². The SMILES string of the molecule is CCCC(C)C(C(=O)OC)C(C)(C)C. The van der Waals surface area contributed by atoms with Crippen molar-refractivity contribution in [3.8, 4) is 0 Å². The van der Waals surface area contributed by atoms with Crippen molar-refractivity contribution >= 4 is 5.97 Å². The number of carbonyl (C=O) groups is 1. The quantitative estimate of drug-likeness (QED) is 0.651. The van der Waals surface area contributed by atoms with Crippen LogP contribution >= 0.6 is 0 Å². The van der Waals surface area contributed by atoms with Crippen LogP contribution in [0.4, 0.5) is 0 Å². The highest BCUT2D eigenvalue weighted by Gasteiger charge is 2.36. The monoisotopic (exact) mass is 200 g/mol. The smallest absolute Gasteiger partial charge is 0.309 e. The van der Waals surface area contributed by atoms with Gasteiger partial charge >= 0.3 is 5.97 Å². The van der Waals surface area contributed by atoms with Crippen LogP contribution in [0.1, 0.15) is 47.5 Å². The maximum atomic E-state index is 11.7. The predicted molar refractivity (Wildman–Crippen MR) is 59.0 cm³/mol. The molecule has 0 fully saturated rings. The van der Waals surface area contributed by atoms with Gasteiger partial charge in [-0.05, 0) is 11.3 Å². The zero-order valence-corrected chi connectivity index (χ0v) is 10.4. The molecule has 0 radical (unpaired) electrons. The Hall–Kier alpha value is -0.530. The lowest BCUT2D eigenvalue weighted by Crippen LogP contribution is -2.34. The van der Waals surface area contributed by atoms with Gasteiger partial charge in [-0.2, -0.15) is 0 Å². The minimum Gasteiger partial charge on any atom is -0.469 e. The van der Waals surface area contributed by atoms with E-state index < -0.39 is 0 Å². The maximum absolute atomic E-state index is 11.7. The fraction of sp³-hybridized carbons (Fsp3) is 0.917. The molecule has 2 heteroatoms. The Balaban J connectivity index is 4.64. The van der Waals surface area contributed by atoms with Gasteiger partial charge in [0.25, 0.3) is 0 Å². The average molecular weight is 200 g/mol. The van der Waals surface area contributed by atoms with Crippen LogP contribution in [-0.2, 0) is 9.53 Å². The number of ether oxygens (including phenoxy) is 1. The number of hydrogen-bond donors (Lipinski definition) is 0. The molecule has 0 N–H and O–H groups in total. The molecular weight excluding hydrogens is 176 g/mol. The van der Waals surface area contributed by atoms with Crippen LogP contribution in [0, 0.1) is 17.3 Å². The van der Waals surface area contributed by atoms with E-state index in [9.17, 15) is 4.79 Å². The largest absolute Gasteiger partial charge is 0.469 e. The fourth-order valence-corrected chi connectivity index (χ4v) is 2.19. The molecule has 0 aromatic rings. The van der Waals surface area contributed by atoms with Gasteiger partial charge in [0.1, 0.15) is 0 Å². The lowest BCUT2D eigenvalue weighted by Gasteiger charge is -2.33. The van der Waals surface area contributed by atoms with Gasteiger partial charge in [-0.15, -0.1) is 0 Å². The first-order valence-corrected chi connectivity index (χ1v) is 5.42. The highest BCUT2D eigenvalue weighted by Crippen LogP contribution is 2.35. The van der Waals surface area contributed by atoms with Crippen molar-refractivity contribution in [3.05, 3.63) is 0 Å². The highest BCUT2D eigenvalue weighted by molar-refractivity contribution is 5.73. The van der Waals surface area contributed by atoms with Crippen molar-refractivity contribution in [3.63, 3.8) is 0 Å². The van der Waals surface area contributed by atoms with E-state index in [-0.39, 0.29) is 17.3 Å². The standard InChI is InChI=1S/C12H24O2/c1-7-8-9(2)10(11(13)14-6)12(3,4)5/h9-10H,7-8H2,1-6H3. The molecule has 0 aromatic carbocycles. The molecule has 0 aliphatic heterocycles. The summed E-state index contributed by atoms with van der Waals surface area (Å²) >= 11 is 0. The van der Waals surface area contributed by atoms with Crippen molar-refractivity contribution in [2.75, 3.05) is 7.11 Å². The van der Waals surface area contributed by atoms with Crippen molar-refractivity contribution in [1.82, 2.24) is 0 Å². The molecule has 0 saturated heterocycles. The zero-order valence-electron chi connectivity index (χ0n) is 10.4. The summed E-state index contributed by atoms with van der Waals surface area (Å²) in [5.74, 6) is 0.332. The first kappa shape index (κ1) is 13.5. The topological polar surface area (TPSA) is 26.3 Å². The van der Waals surface area contributed by atoms with Crippen LogP contribution < -0.4 is 0 Å². The summed E-state index contributed by atoms with van der Waals surface area (Å²) in [7, 11) is 1.47. The second-order valence-electron chi connectivity index (χ2n) is 5.13. The van der Waals surface area contributed by atoms with E-state index in [1.165, 1.54) is 7.11 Å². The molecule has 84 valence electrons. The molecule has 0 amide bonds. The molecule has 2 atom stereocenters. The Kier molecular flexibility index (Phi) is 5.17. The lowest BCUT2D eigenvalue weighted by molar-refractivity contribution is -0.151. The molecule has 0 spiro atoms. The van der Waals surface area contributed by atoms with Gasteiger partial charge in [0, 0.05) is 0 Å². The Morgan fingerprint density at radius 1 is 1.36 bits per heavy atom. The van der Waals surface area contributed by atoms with Gasteiger partial charge in [0.05, 0.1) is 13.0 Å². The number of hydrogen-bond acceptors (Lipinski definition) is 2. The Bertz CT molecular complexity index is 179. The molecule has 0 aromatic heterocycles. The first-order valence-electron chi connectivity index (χ1n) is 5.42. The van der Waals surface area contributed by atoms with Crippen molar-refractivity contribution in [1.29, 1.82) is 0 Å². The minimum atomic E-state index is -0.0709. The van der Waals surface area contributed by atoms with E-state index in [4.69, 9.17) is 4.74 Å². The Morgan fingerprint density at radius 3 is 2.14 bits per heavy atom. The third kappa shape index (κ3) is 3.69. The molecular formula is C12H24O2. The number of carbonyl (C=O) groups excluding carboxylic acids is 1. The van der Waals surface area contributed by atoms with Crippen LogP contribution in [0.3, 0.4) is 0 Å². The van der Waals surface area contributed by atoms with Crippen molar-refractivity contribution in [2.45, 2.75) is 47.5 Å². The van der Waals surface area contributed by atoms with Crippen LogP contribution in [0.15, 0.2) is 0 Å². The third-order valence-electron chi connectivity index (χ3n) is 2.70. The molecule has 0 aliphatic rings. The summed E-state index contributed by atoms with van der Waals surface area (Å²) in [6.07, 6.45) is 2.20. The zero-order chi connectivity index (χ0) is 11.4. The van der Waals surface area contributed by atoms with Gasteiger partial charge in [-0.25, -0.2) is 0 Å². The van der Waals surface area contributed by atoms with Crippen molar-refractivity contribution < 1.29 is 9.53 Å². The predicted octanol–water partition coefficient (Wildman–Crippen LogP) is 3.26. The first-order chi connectivity index (χ1) is 6.34. The molecule has 0 aliphatic carbocycles. The minimum absolute atomic E-state index is 0.00690. The van der Waals surface area contributed by atoms with Crippen molar-refractivity contribution in [2.24, 2.45) is 17.3 Å². The van der Waals surface area contributed by atoms with Gasteiger partial charge in [0.2, 0.25) is 0 Å². The van der Waals surface area contributed by atoms with Crippen LogP contribution in [-0.4, -0.2) is 13.1 Å². The summed E-state index contributed by atoms with van der Waals surface area (Å²) in [5.41, 5.74) is -0.0122. The van der Waals surface area contributed by atoms with E-state index in [2.05, 4.69) is 34.6 Å². The molecule has 2 nitrogen and oxygen atoms in total.